The molecule has 1 aromatic carbocycles. The molecule has 0 aromatic heterocycles. The Morgan fingerprint density at radius 2 is 1.48 bits per heavy atom. The maximum absolute atomic E-state index is 13.8. The standard InChI is InChI=1S/C25H34ClFO2/c1-2-3-17-15-28-25(29-16-17)21-10-8-19(9-11-21)18-4-6-20(7-5-18)22-12-13-23(26)24(27)14-22/h2-3,12-14,17-21,25H,4-11,15-16H2,1H3/b3-2+/t17-,18-,19-,20-,21-,25-. The van der Waals surface area contributed by atoms with Crippen molar-refractivity contribution in [2.24, 2.45) is 23.7 Å². The molecule has 29 heavy (non-hydrogen) atoms. The molecule has 3 fully saturated rings. The van der Waals surface area contributed by atoms with Crippen LogP contribution in [0, 0.1) is 29.5 Å². The van der Waals surface area contributed by atoms with Gasteiger partial charge in [-0.25, -0.2) is 4.39 Å². The van der Waals surface area contributed by atoms with E-state index in [0.29, 0.717) is 17.8 Å². The van der Waals surface area contributed by atoms with E-state index >= 15 is 0 Å². The molecule has 0 unspecified atom stereocenters. The van der Waals surface area contributed by atoms with Crippen molar-refractivity contribution in [1.29, 1.82) is 0 Å². The molecular weight excluding hydrogens is 387 g/mol. The average Bonchev–Trinajstić information content (AvgIpc) is 2.77. The van der Waals surface area contributed by atoms with Gasteiger partial charge in [0.25, 0.3) is 0 Å². The van der Waals surface area contributed by atoms with E-state index in [1.807, 2.05) is 6.07 Å². The van der Waals surface area contributed by atoms with Gasteiger partial charge in [0, 0.05) is 11.8 Å². The highest BCUT2D eigenvalue weighted by atomic mass is 35.5. The van der Waals surface area contributed by atoms with Gasteiger partial charge in [-0.1, -0.05) is 29.8 Å². The van der Waals surface area contributed by atoms with Crippen molar-refractivity contribution in [2.45, 2.75) is 70.5 Å². The van der Waals surface area contributed by atoms with Crippen molar-refractivity contribution in [1.82, 2.24) is 0 Å². The van der Waals surface area contributed by atoms with E-state index in [0.717, 1.165) is 30.6 Å². The molecule has 0 radical (unpaired) electrons. The van der Waals surface area contributed by atoms with Crippen LogP contribution in [0.2, 0.25) is 5.02 Å². The van der Waals surface area contributed by atoms with Crippen LogP contribution >= 0.6 is 11.6 Å². The summed E-state index contributed by atoms with van der Waals surface area (Å²) in [4.78, 5) is 0. The van der Waals surface area contributed by atoms with Gasteiger partial charge in [0.2, 0.25) is 0 Å². The lowest BCUT2D eigenvalue weighted by atomic mass is 9.68. The minimum absolute atomic E-state index is 0.00740. The van der Waals surface area contributed by atoms with E-state index in [-0.39, 0.29) is 17.1 Å². The van der Waals surface area contributed by atoms with Crippen molar-refractivity contribution in [2.75, 3.05) is 13.2 Å². The third-order valence-electron chi connectivity index (χ3n) is 7.47. The van der Waals surface area contributed by atoms with Crippen molar-refractivity contribution in [3.8, 4) is 0 Å². The Bertz CT molecular complexity index is 682. The molecule has 2 nitrogen and oxygen atoms in total. The molecule has 0 bridgehead atoms. The molecule has 0 atom stereocenters. The molecule has 3 aliphatic rings. The molecule has 2 saturated carbocycles. The highest BCUT2D eigenvalue weighted by Gasteiger charge is 2.35. The molecule has 1 saturated heterocycles. The topological polar surface area (TPSA) is 18.5 Å². The Hall–Kier alpha value is -0.900. The smallest absolute Gasteiger partial charge is 0.160 e. The van der Waals surface area contributed by atoms with Gasteiger partial charge in [-0.2, -0.15) is 0 Å². The Morgan fingerprint density at radius 1 is 0.897 bits per heavy atom. The summed E-state index contributed by atoms with van der Waals surface area (Å²) in [5.41, 5.74) is 1.12. The molecular formula is C25H34ClFO2. The summed E-state index contributed by atoms with van der Waals surface area (Å²) < 4.78 is 25.9. The second kappa shape index (κ2) is 9.94. The highest BCUT2D eigenvalue weighted by molar-refractivity contribution is 6.30. The molecule has 160 valence electrons. The molecule has 1 heterocycles. The summed E-state index contributed by atoms with van der Waals surface area (Å²) in [6.45, 7) is 3.64. The van der Waals surface area contributed by atoms with Crippen LogP contribution in [0.3, 0.4) is 0 Å². The summed E-state index contributed by atoms with van der Waals surface area (Å²) in [6, 6.07) is 5.35. The minimum Gasteiger partial charge on any atom is -0.352 e. The van der Waals surface area contributed by atoms with Gasteiger partial charge in [0.15, 0.2) is 6.29 Å². The van der Waals surface area contributed by atoms with Crippen LogP contribution in [0.1, 0.15) is 69.8 Å². The lowest BCUT2D eigenvalue weighted by molar-refractivity contribution is -0.223. The van der Waals surface area contributed by atoms with Gasteiger partial charge >= 0.3 is 0 Å². The second-order valence-corrected chi connectivity index (χ2v) is 9.69. The monoisotopic (exact) mass is 420 g/mol. The fraction of sp³-hybridized carbons (Fsp3) is 0.680. The van der Waals surface area contributed by atoms with Crippen LogP contribution < -0.4 is 0 Å². The Labute approximate surface area is 179 Å². The van der Waals surface area contributed by atoms with Gasteiger partial charge in [0.05, 0.1) is 18.2 Å². The third kappa shape index (κ3) is 5.24. The molecule has 0 N–H and O–H groups in total. The first-order chi connectivity index (χ1) is 14.1. The van der Waals surface area contributed by atoms with E-state index in [1.54, 1.807) is 12.1 Å². The molecule has 4 rings (SSSR count). The van der Waals surface area contributed by atoms with E-state index in [4.69, 9.17) is 21.1 Å². The summed E-state index contributed by atoms with van der Waals surface area (Å²) in [6.07, 6.45) is 14.2. The van der Waals surface area contributed by atoms with E-state index < -0.39 is 0 Å². The van der Waals surface area contributed by atoms with Gasteiger partial charge in [-0.15, -0.1) is 0 Å². The van der Waals surface area contributed by atoms with Gasteiger partial charge in [0.1, 0.15) is 5.82 Å². The lowest BCUT2D eigenvalue weighted by Gasteiger charge is -2.41. The summed E-state index contributed by atoms with van der Waals surface area (Å²) in [5, 5.41) is 0.225. The summed E-state index contributed by atoms with van der Waals surface area (Å²) in [5.74, 6) is 2.85. The van der Waals surface area contributed by atoms with Crippen molar-refractivity contribution in [3.05, 3.63) is 46.8 Å². The number of rotatable bonds is 4. The summed E-state index contributed by atoms with van der Waals surface area (Å²) >= 11 is 5.84. The minimum atomic E-state index is -0.284. The van der Waals surface area contributed by atoms with E-state index in [1.165, 1.54) is 51.4 Å². The Balaban J connectivity index is 1.21. The zero-order valence-corrected chi connectivity index (χ0v) is 18.3. The number of benzene rings is 1. The van der Waals surface area contributed by atoms with Crippen molar-refractivity contribution in [3.63, 3.8) is 0 Å². The largest absolute Gasteiger partial charge is 0.352 e. The van der Waals surface area contributed by atoms with E-state index in [9.17, 15) is 4.39 Å². The zero-order valence-electron chi connectivity index (χ0n) is 17.5. The van der Waals surface area contributed by atoms with Crippen molar-refractivity contribution >= 4 is 11.6 Å². The highest BCUT2D eigenvalue weighted by Crippen LogP contribution is 2.45. The molecule has 0 spiro atoms. The van der Waals surface area contributed by atoms with Crippen LogP contribution in [-0.2, 0) is 9.47 Å². The fourth-order valence-electron chi connectivity index (χ4n) is 5.77. The van der Waals surface area contributed by atoms with Crippen LogP contribution in [0.15, 0.2) is 30.4 Å². The number of hydrogen-bond donors (Lipinski definition) is 0. The Morgan fingerprint density at radius 3 is 2.07 bits per heavy atom. The van der Waals surface area contributed by atoms with Gasteiger partial charge in [-0.3, -0.25) is 0 Å². The average molecular weight is 421 g/mol. The molecule has 4 heteroatoms. The number of halogens is 2. The van der Waals surface area contributed by atoms with Crippen LogP contribution in [0.25, 0.3) is 0 Å². The number of ether oxygens (including phenoxy) is 2. The van der Waals surface area contributed by atoms with E-state index in [2.05, 4.69) is 19.1 Å². The van der Waals surface area contributed by atoms with Gasteiger partial charge in [-0.05, 0) is 93.7 Å². The van der Waals surface area contributed by atoms with Crippen LogP contribution in [-0.4, -0.2) is 19.5 Å². The lowest BCUT2D eigenvalue weighted by Crippen LogP contribution is -2.38. The predicted octanol–water partition coefficient (Wildman–Crippen LogP) is 7.12. The SMILES string of the molecule is C/C=C/[C@H]1CO[C@H]([C@H]2CC[C@H]([C@H]3CC[C@H](c4ccc(Cl)c(F)c4)CC3)CC2)OC1. The zero-order chi connectivity index (χ0) is 20.2. The van der Waals surface area contributed by atoms with Crippen LogP contribution in [0.4, 0.5) is 4.39 Å². The maximum atomic E-state index is 13.8. The first-order valence-electron chi connectivity index (χ1n) is 11.4. The molecule has 1 aromatic rings. The predicted molar refractivity (Wildman–Crippen MR) is 116 cm³/mol. The Kier molecular flexibility index (Phi) is 7.31. The number of hydrogen-bond acceptors (Lipinski definition) is 2. The second-order valence-electron chi connectivity index (χ2n) is 9.28. The molecule has 1 aliphatic heterocycles. The normalized spacial score (nSPS) is 36.4. The maximum Gasteiger partial charge on any atom is 0.160 e. The first-order valence-corrected chi connectivity index (χ1v) is 11.8. The summed E-state index contributed by atoms with van der Waals surface area (Å²) in [7, 11) is 0. The molecule has 0 amide bonds. The van der Waals surface area contributed by atoms with Gasteiger partial charge < -0.3 is 9.47 Å². The third-order valence-corrected chi connectivity index (χ3v) is 7.78. The van der Waals surface area contributed by atoms with Crippen LogP contribution in [0.5, 0.6) is 0 Å². The van der Waals surface area contributed by atoms with Crippen molar-refractivity contribution < 1.29 is 13.9 Å². The first kappa shape index (κ1) is 21.3. The quantitative estimate of drug-likeness (QED) is 0.482. The number of allylic oxidation sites excluding steroid dienone is 1. The fourth-order valence-corrected chi connectivity index (χ4v) is 5.88. The molecule has 2 aliphatic carbocycles.